The summed E-state index contributed by atoms with van der Waals surface area (Å²) >= 11 is 0. The van der Waals surface area contributed by atoms with E-state index in [4.69, 9.17) is 9.47 Å². The van der Waals surface area contributed by atoms with E-state index in [2.05, 4.69) is 41.4 Å². The standard InChI is InChI=1S/C32H25NO6/c1-38-32-29(36)23(31-28(30(32)37)25(35)15-26(39-31)16-7-9-19(34)10-8-16)13-17-5-6-18-14-24-21(11-12-33-24)22-4-2-3-20(17)27(18)22/h2-12,14,17,26,33-34,36-37H,13,15H2,1H3/t17-,26?/m0/s1. The number of phenols is 3. The first-order chi connectivity index (χ1) is 18.9. The summed E-state index contributed by atoms with van der Waals surface area (Å²) in [5, 5.41) is 35.3. The largest absolute Gasteiger partial charge is 0.508 e. The lowest BCUT2D eigenvalue weighted by Gasteiger charge is -2.30. The Morgan fingerprint density at radius 2 is 1.85 bits per heavy atom. The summed E-state index contributed by atoms with van der Waals surface area (Å²) < 4.78 is 11.7. The van der Waals surface area contributed by atoms with Gasteiger partial charge < -0.3 is 29.8 Å². The molecule has 0 radical (unpaired) electrons. The summed E-state index contributed by atoms with van der Waals surface area (Å²) in [4.78, 5) is 16.7. The van der Waals surface area contributed by atoms with Crippen LogP contribution in [-0.2, 0) is 6.42 Å². The maximum Gasteiger partial charge on any atom is 0.204 e. The molecule has 2 heterocycles. The van der Waals surface area contributed by atoms with Crippen LogP contribution in [0.2, 0.25) is 0 Å². The van der Waals surface area contributed by atoms with Gasteiger partial charge in [-0.15, -0.1) is 0 Å². The van der Waals surface area contributed by atoms with Gasteiger partial charge in [-0.2, -0.15) is 0 Å². The summed E-state index contributed by atoms with van der Waals surface area (Å²) in [6.07, 6.45) is 5.81. The number of hydrogen-bond acceptors (Lipinski definition) is 6. The maximum absolute atomic E-state index is 13.4. The predicted octanol–water partition coefficient (Wildman–Crippen LogP) is 6.51. The van der Waals surface area contributed by atoms with Crippen molar-refractivity contribution in [1.29, 1.82) is 0 Å². The zero-order chi connectivity index (χ0) is 26.8. The van der Waals surface area contributed by atoms with Crippen molar-refractivity contribution in [3.8, 4) is 28.7 Å². The molecule has 39 heavy (non-hydrogen) atoms. The monoisotopic (exact) mass is 519 g/mol. The van der Waals surface area contributed by atoms with Crippen molar-refractivity contribution in [2.24, 2.45) is 0 Å². The van der Waals surface area contributed by atoms with Gasteiger partial charge in [-0.05, 0) is 58.1 Å². The number of carbonyl (C=O) groups is 1. The molecule has 0 fully saturated rings. The Bertz CT molecular complexity index is 1830. The molecule has 0 saturated heterocycles. The molecule has 7 heteroatoms. The van der Waals surface area contributed by atoms with E-state index >= 15 is 0 Å². The Hall–Kier alpha value is -4.91. The lowest BCUT2D eigenvalue weighted by Crippen LogP contribution is -2.22. The number of ether oxygens (including phenoxy) is 2. The zero-order valence-corrected chi connectivity index (χ0v) is 21.1. The van der Waals surface area contributed by atoms with E-state index in [0.29, 0.717) is 17.5 Å². The molecule has 5 aromatic rings. The highest BCUT2D eigenvalue weighted by Crippen LogP contribution is 2.53. The average Bonchev–Trinajstić information content (AvgIpc) is 3.41. The number of allylic oxidation sites excluding steroid dienone is 1. The molecule has 4 aromatic carbocycles. The molecule has 0 bridgehead atoms. The minimum atomic E-state index is -0.635. The molecule has 0 saturated carbocycles. The fourth-order valence-corrected chi connectivity index (χ4v) is 6.07. The quantitative estimate of drug-likeness (QED) is 0.215. The van der Waals surface area contributed by atoms with Crippen molar-refractivity contribution in [3.05, 3.63) is 94.7 Å². The molecule has 0 spiro atoms. The van der Waals surface area contributed by atoms with Crippen LogP contribution in [0.4, 0.5) is 0 Å². The summed E-state index contributed by atoms with van der Waals surface area (Å²) in [7, 11) is 1.35. The third kappa shape index (κ3) is 3.46. The van der Waals surface area contributed by atoms with Crippen LogP contribution < -0.4 is 9.47 Å². The molecule has 7 nitrogen and oxygen atoms in total. The van der Waals surface area contributed by atoms with Crippen LogP contribution in [0.1, 0.15) is 51.1 Å². The van der Waals surface area contributed by atoms with Crippen molar-refractivity contribution in [3.63, 3.8) is 0 Å². The Morgan fingerprint density at radius 1 is 1.03 bits per heavy atom. The number of carbonyl (C=O) groups excluding carboxylic acids is 1. The molecule has 1 aliphatic heterocycles. The van der Waals surface area contributed by atoms with Crippen molar-refractivity contribution in [1.82, 2.24) is 4.98 Å². The van der Waals surface area contributed by atoms with Gasteiger partial charge in [-0.25, -0.2) is 0 Å². The van der Waals surface area contributed by atoms with E-state index in [1.165, 1.54) is 19.2 Å². The molecule has 2 atom stereocenters. The van der Waals surface area contributed by atoms with Crippen LogP contribution >= 0.6 is 0 Å². The van der Waals surface area contributed by atoms with E-state index in [1.54, 1.807) is 12.1 Å². The second kappa shape index (κ2) is 8.56. The summed E-state index contributed by atoms with van der Waals surface area (Å²) in [6, 6.07) is 16.9. The second-order valence-electron chi connectivity index (χ2n) is 10.1. The van der Waals surface area contributed by atoms with Crippen LogP contribution in [0.25, 0.3) is 27.8 Å². The Balaban J connectivity index is 1.37. The highest BCUT2D eigenvalue weighted by molar-refractivity contribution is 6.12. The van der Waals surface area contributed by atoms with Crippen LogP contribution in [0.5, 0.6) is 28.7 Å². The third-order valence-corrected chi connectivity index (χ3v) is 7.92. The number of rotatable bonds is 4. The van der Waals surface area contributed by atoms with E-state index in [-0.39, 0.29) is 46.7 Å². The number of nitrogens with one attached hydrogen (secondary N) is 1. The first-order valence-corrected chi connectivity index (χ1v) is 12.8. The topological polar surface area (TPSA) is 112 Å². The number of methoxy groups -OCH3 is 1. The SMILES string of the molecule is COc1c(O)c(C[C@@H]2C=Cc3cc4[nH]ccc4c4cccc2c34)c2c(c1O)C(=O)CC(c1ccc(O)cc1)O2. The maximum atomic E-state index is 13.4. The number of Topliss-reactive ketones (excluding diaryl/α,β-unsaturated/α-hetero) is 1. The van der Waals surface area contributed by atoms with Gasteiger partial charge in [0.25, 0.3) is 0 Å². The van der Waals surface area contributed by atoms with Crippen molar-refractivity contribution in [2.75, 3.05) is 7.11 Å². The Labute approximate surface area is 223 Å². The van der Waals surface area contributed by atoms with Crippen molar-refractivity contribution in [2.45, 2.75) is 24.9 Å². The number of aromatic hydroxyl groups is 3. The van der Waals surface area contributed by atoms with Gasteiger partial charge in [0.1, 0.15) is 23.2 Å². The van der Waals surface area contributed by atoms with Crippen LogP contribution in [-0.4, -0.2) is 33.2 Å². The van der Waals surface area contributed by atoms with Gasteiger partial charge in [0.05, 0.1) is 13.5 Å². The highest BCUT2D eigenvalue weighted by Gasteiger charge is 2.37. The summed E-state index contributed by atoms with van der Waals surface area (Å²) in [5.74, 6) is -0.992. The van der Waals surface area contributed by atoms with Crippen LogP contribution in [0, 0.1) is 0 Å². The number of H-pyrrole nitrogens is 1. The lowest BCUT2D eigenvalue weighted by molar-refractivity contribution is 0.0840. The zero-order valence-electron chi connectivity index (χ0n) is 21.1. The molecule has 4 N–H and O–H groups in total. The van der Waals surface area contributed by atoms with Gasteiger partial charge in [-0.3, -0.25) is 4.79 Å². The first-order valence-electron chi connectivity index (χ1n) is 12.8. The predicted molar refractivity (Wildman–Crippen MR) is 148 cm³/mol. The first kappa shape index (κ1) is 23.2. The van der Waals surface area contributed by atoms with Crippen LogP contribution in [0.15, 0.2) is 66.9 Å². The third-order valence-electron chi connectivity index (χ3n) is 7.92. The minimum Gasteiger partial charge on any atom is -0.508 e. The fourth-order valence-electron chi connectivity index (χ4n) is 6.07. The van der Waals surface area contributed by atoms with E-state index < -0.39 is 11.9 Å². The molecule has 0 amide bonds. The second-order valence-corrected chi connectivity index (χ2v) is 10.1. The normalized spacial score (nSPS) is 17.8. The molecule has 1 aliphatic carbocycles. The smallest absolute Gasteiger partial charge is 0.204 e. The molecule has 7 rings (SSSR count). The molecule has 1 unspecified atom stereocenters. The van der Waals surface area contributed by atoms with Gasteiger partial charge in [0.2, 0.25) is 5.75 Å². The number of fused-ring (bicyclic) bond motifs is 3. The van der Waals surface area contributed by atoms with Crippen molar-refractivity contribution < 1.29 is 29.6 Å². The minimum absolute atomic E-state index is 0.00137. The molecular formula is C32H25NO6. The number of ketones is 1. The average molecular weight is 520 g/mol. The number of aromatic amines is 1. The lowest BCUT2D eigenvalue weighted by atomic mass is 9.81. The number of aromatic nitrogens is 1. The van der Waals surface area contributed by atoms with Crippen LogP contribution in [0.3, 0.4) is 0 Å². The number of hydrogen-bond donors (Lipinski definition) is 4. The molecular weight excluding hydrogens is 494 g/mol. The molecule has 2 aliphatic rings. The van der Waals surface area contributed by atoms with Crippen molar-refractivity contribution >= 4 is 33.5 Å². The fraction of sp³-hybridized carbons (Fsp3) is 0.156. The summed E-state index contributed by atoms with van der Waals surface area (Å²) in [6.45, 7) is 0. The van der Waals surface area contributed by atoms with Gasteiger partial charge >= 0.3 is 0 Å². The Kier molecular flexibility index (Phi) is 5.10. The van der Waals surface area contributed by atoms with E-state index in [9.17, 15) is 20.1 Å². The van der Waals surface area contributed by atoms with Gasteiger partial charge in [0, 0.05) is 28.6 Å². The number of benzene rings is 4. The van der Waals surface area contributed by atoms with Gasteiger partial charge in [-0.1, -0.05) is 42.5 Å². The number of phenolic OH excluding ortho intramolecular Hbond substituents is 3. The molecule has 194 valence electrons. The highest BCUT2D eigenvalue weighted by atomic mass is 16.5. The Morgan fingerprint density at radius 3 is 2.64 bits per heavy atom. The molecule has 1 aromatic heterocycles. The van der Waals surface area contributed by atoms with Gasteiger partial charge in [0.15, 0.2) is 17.3 Å². The summed E-state index contributed by atoms with van der Waals surface area (Å²) in [5.41, 5.74) is 4.40. The van der Waals surface area contributed by atoms with E-state index in [1.807, 2.05) is 12.3 Å². The van der Waals surface area contributed by atoms with E-state index in [0.717, 1.165) is 32.8 Å².